The van der Waals surface area contributed by atoms with Crippen molar-refractivity contribution in [3.63, 3.8) is 0 Å². The predicted octanol–water partition coefficient (Wildman–Crippen LogP) is 2.45. The summed E-state index contributed by atoms with van der Waals surface area (Å²) >= 11 is 0. The molecule has 0 spiro atoms. The van der Waals surface area contributed by atoms with Crippen LogP contribution in [0.3, 0.4) is 0 Å². The molecule has 19 heavy (non-hydrogen) atoms. The minimum absolute atomic E-state index is 0.0301. The smallest absolute Gasteiger partial charge is 0.324 e. The molecule has 0 aromatic rings. The van der Waals surface area contributed by atoms with Crippen molar-refractivity contribution >= 4 is 6.03 Å². The Balaban J connectivity index is 1.73. The van der Waals surface area contributed by atoms with Gasteiger partial charge in [0.05, 0.1) is 6.04 Å². The van der Waals surface area contributed by atoms with Gasteiger partial charge in [0.2, 0.25) is 0 Å². The summed E-state index contributed by atoms with van der Waals surface area (Å²) in [6.07, 6.45) is 6.65. The van der Waals surface area contributed by atoms with Crippen LogP contribution < -0.4 is 5.84 Å². The van der Waals surface area contributed by atoms with Gasteiger partial charge in [-0.15, -0.1) is 0 Å². The summed E-state index contributed by atoms with van der Waals surface area (Å²) in [6.45, 7) is 5.53. The highest BCUT2D eigenvalue weighted by Crippen LogP contribution is 2.54. The second-order valence-corrected chi connectivity index (χ2v) is 6.78. The summed E-state index contributed by atoms with van der Waals surface area (Å²) in [6, 6.07) is 0.336. The Morgan fingerprint density at radius 3 is 1.89 bits per heavy atom. The Bertz CT molecular complexity index is 325. The molecule has 2 amide bonds. The van der Waals surface area contributed by atoms with E-state index in [0.717, 1.165) is 24.9 Å². The Kier molecular flexibility index (Phi) is 3.46. The molecule has 108 valence electrons. The fourth-order valence-corrected chi connectivity index (χ4v) is 5.14. The molecule has 0 radical (unpaired) electrons. The van der Waals surface area contributed by atoms with Gasteiger partial charge in [0.25, 0.3) is 0 Å². The number of urea groups is 1. The van der Waals surface area contributed by atoms with Gasteiger partial charge in [-0.1, -0.05) is 0 Å². The number of nitrogens with two attached hydrogens (primary N) is 1. The average molecular weight is 265 g/mol. The lowest BCUT2D eigenvalue weighted by Gasteiger charge is -2.56. The van der Waals surface area contributed by atoms with Gasteiger partial charge in [-0.3, -0.25) is 5.01 Å². The monoisotopic (exact) mass is 265 g/mol. The minimum Gasteiger partial charge on any atom is -0.324 e. The Morgan fingerprint density at radius 2 is 1.47 bits per heavy atom. The molecule has 0 saturated heterocycles. The molecule has 0 unspecified atom stereocenters. The van der Waals surface area contributed by atoms with E-state index < -0.39 is 0 Å². The van der Waals surface area contributed by atoms with Gasteiger partial charge >= 0.3 is 6.03 Å². The zero-order valence-electron chi connectivity index (χ0n) is 12.2. The van der Waals surface area contributed by atoms with Crippen molar-refractivity contribution < 1.29 is 4.79 Å². The highest BCUT2D eigenvalue weighted by Gasteiger charge is 2.51. The first-order valence-corrected chi connectivity index (χ1v) is 7.96. The summed E-state index contributed by atoms with van der Waals surface area (Å²) in [5, 5.41) is 1.60. The topological polar surface area (TPSA) is 49.6 Å². The van der Waals surface area contributed by atoms with Crippen molar-refractivity contribution in [1.29, 1.82) is 0 Å². The fourth-order valence-electron chi connectivity index (χ4n) is 5.14. The number of hydrazine groups is 1. The maximum Gasteiger partial charge on any atom is 0.334 e. The van der Waals surface area contributed by atoms with Gasteiger partial charge in [-0.05, 0) is 69.6 Å². The van der Waals surface area contributed by atoms with Gasteiger partial charge in [-0.25, -0.2) is 10.6 Å². The molecule has 4 fully saturated rings. The van der Waals surface area contributed by atoms with Crippen LogP contribution in [0.5, 0.6) is 0 Å². The van der Waals surface area contributed by atoms with E-state index in [1.165, 1.54) is 32.1 Å². The second-order valence-electron chi connectivity index (χ2n) is 6.78. The zero-order chi connectivity index (χ0) is 13.6. The molecule has 2 N–H and O–H groups in total. The molecule has 4 saturated carbocycles. The number of carbonyl (C=O) groups excluding carboxylic acids is 1. The third-order valence-corrected chi connectivity index (χ3v) is 5.75. The first-order valence-electron chi connectivity index (χ1n) is 7.96. The normalized spacial score (nSPS) is 39.4. The van der Waals surface area contributed by atoms with Crippen LogP contribution in [0.4, 0.5) is 4.79 Å². The molecule has 0 heterocycles. The molecule has 0 atom stereocenters. The molecule has 4 nitrogen and oxygen atoms in total. The van der Waals surface area contributed by atoms with Gasteiger partial charge in [0.15, 0.2) is 0 Å². The van der Waals surface area contributed by atoms with Crippen molar-refractivity contribution in [3.8, 4) is 0 Å². The van der Waals surface area contributed by atoms with Crippen molar-refractivity contribution in [2.75, 3.05) is 13.1 Å². The van der Waals surface area contributed by atoms with Gasteiger partial charge in [0, 0.05) is 13.1 Å². The van der Waals surface area contributed by atoms with E-state index >= 15 is 0 Å². The molecule has 4 aliphatic carbocycles. The number of carbonyl (C=O) groups is 1. The van der Waals surface area contributed by atoms with Crippen LogP contribution in [0.15, 0.2) is 0 Å². The number of hydrogen-bond acceptors (Lipinski definition) is 2. The maximum atomic E-state index is 12.5. The van der Waals surface area contributed by atoms with E-state index in [4.69, 9.17) is 5.84 Å². The van der Waals surface area contributed by atoms with Crippen molar-refractivity contribution in [2.45, 2.75) is 52.0 Å². The number of nitrogens with zero attached hydrogens (tertiary/aromatic N) is 2. The van der Waals surface area contributed by atoms with E-state index in [2.05, 4.69) is 0 Å². The average Bonchev–Trinajstić information content (AvgIpc) is 2.38. The van der Waals surface area contributed by atoms with Crippen LogP contribution in [0, 0.1) is 23.7 Å². The standard InChI is InChI=1S/C15H27N3O/c1-3-17(4-2)15(19)18(16)14-12-6-10-5-11(8-12)9-13(14)7-10/h10-14H,3-9,16H2,1-2H3. The molecule has 4 rings (SSSR count). The van der Waals surface area contributed by atoms with Gasteiger partial charge < -0.3 is 4.90 Å². The summed E-state index contributed by atoms with van der Waals surface area (Å²) in [7, 11) is 0. The Hall–Kier alpha value is -0.770. The molecule has 4 bridgehead atoms. The molecule has 4 heteroatoms. The third-order valence-electron chi connectivity index (χ3n) is 5.75. The molecule has 0 aliphatic heterocycles. The van der Waals surface area contributed by atoms with Crippen LogP contribution in [-0.4, -0.2) is 35.1 Å². The van der Waals surface area contributed by atoms with E-state index in [9.17, 15) is 4.79 Å². The van der Waals surface area contributed by atoms with Crippen LogP contribution in [0.1, 0.15) is 46.0 Å². The van der Waals surface area contributed by atoms with Crippen LogP contribution in [0.25, 0.3) is 0 Å². The lowest BCUT2D eigenvalue weighted by Crippen LogP contribution is -2.62. The molecule has 0 aromatic heterocycles. The summed E-state index contributed by atoms with van der Waals surface area (Å²) < 4.78 is 0. The van der Waals surface area contributed by atoms with E-state index in [-0.39, 0.29) is 6.03 Å². The second kappa shape index (κ2) is 4.97. The molecule has 0 aromatic carbocycles. The Morgan fingerprint density at radius 1 is 1.00 bits per heavy atom. The van der Waals surface area contributed by atoms with E-state index in [0.29, 0.717) is 17.9 Å². The van der Waals surface area contributed by atoms with E-state index in [1.807, 2.05) is 18.7 Å². The largest absolute Gasteiger partial charge is 0.334 e. The number of rotatable bonds is 3. The first kappa shape index (κ1) is 13.2. The van der Waals surface area contributed by atoms with Crippen LogP contribution in [0.2, 0.25) is 0 Å². The quantitative estimate of drug-likeness (QED) is 0.484. The SMILES string of the molecule is CCN(CC)C(=O)N(N)C1C2CC3CC(C2)CC1C3. The number of hydrogen-bond donors (Lipinski definition) is 1. The maximum absolute atomic E-state index is 12.5. The number of amides is 2. The summed E-state index contributed by atoms with van der Waals surface area (Å²) in [5.74, 6) is 9.42. The van der Waals surface area contributed by atoms with Gasteiger partial charge in [0.1, 0.15) is 0 Å². The minimum atomic E-state index is 0.0301. The van der Waals surface area contributed by atoms with Crippen molar-refractivity contribution in [1.82, 2.24) is 9.91 Å². The lowest BCUT2D eigenvalue weighted by atomic mass is 9.54. The molecular weight excluding hydrogens is 238 g/mol. The fraction of sp³-hybridized carbons (Fsp3) is 0.933. The first-order chi connectivity index (χ1) is 9.13. The third kappa shape index (κ3) is 2.14. The van der Waals surface area contributed by atoms with Crippen molar-refractivity contribution in [3.05, 3.63) is 0 Å². The summed E-state index contributed by atoms with van der Waals surface area (Å²) in [5.41, 5.74) is 0. The lowest BCUT2D eigenvalue weighted by molar-refractivity contribution is -0.0554. The Labute approximate surface area is 116 Å². The van der Waals surface area contributed by atoms with Crippen molar-refractivity contribution in [2.24, 2.45) is 29.5 Å². The summed E-state index contributed by atoms with van der Waals surface area (Å²) in [4.78, 5) is 14.3. The van der Waals surface area contributed by atoms with Crippen LogP contribution >= 0.6 is 0 Å². The van der Waals surface area contributed by atoms with Crippen LogP contribution in [-0.2, 0) is 0 Å². The van der Waals surface area contributed by atoms with E-state index in [1.54, 1.807) is 5.01 Å². The molecular formula is C15H27N3O. The highest BCUT2D eigenvalue weighted by atomic mass is 16.2. The zero-order valence-corrected chi connectivity index (χ0v) is 12.2. The molecule has 4 aliphatic rings. The van der Waals surface area contributed by atoms with Gasteiger partial charge in [-0.2, -0.15) is 0 Å². The highest BCUT2D eigenvalue weighted by molar-refractivity contribution is 5.74. The predicted molar refractivity (Wildman–Crippen MR) is 75.2 cm³/mol.